The number of thiol groups is 3. The SMILES string of the molecule is O=C([O][Sb]([O]C(=O)C(CS)c1ccccc1)[O]C(=O)C(CS)c1ccccc1)C(CS)c1ccccc1. The first kappa shape index (κ1) is 29.5. The Kier molecular flexibility index (Phi) is 12.3. The summed E-state index contributed by atoms with van der Waals surface area (Å²) in [6.07, 6.45) is 0. The third-order valence-corrected chi connectivity index (χ3v) is 9.41. The Bertz CT molecular complexity index is 1000. The number of carbonyl (C=O) groups excluding carboxylic acids is 3. The van der Waals surface area contributed by atoms with Crippen molar-refractivity contribution in [1.29, 1.82) is 0 Å². The van der Waals surface area contributed by atoms with Crippen molar-refractivity contribution < 1.29 is 23.4 Å². The number of carbonyl (C=O) groups is 3. The van der Waals surface area contributed by atoms with Crippen LogP contribution in [0.4, 0.5) is 0 Å². The second-order valence-corrected chi connectivity index (χ2v) is 11.8. The third-order valence-electron chi connectivity index (χ3n) is 5.50. The number of hydrogen-bond donors (Lipinski definition) is 3. The fourth-order valence-electron chi connectivity index (χ4n) is 3.47. The monoisotopic (exact) mass is 664 g/mol. The van der Waals surface area contributed by atoms with Gasteiger partial charge in [-0.1, -0.05) is 0 Å². The molecule has 0 radical (unpaired) electrons. The summed E-state index contributed by atoms with van der Waals surface area (Å²) in [6, 6.07) is 26.9. The molecule has 194 valence electrons. The van der Waals surface area contributed by atoms with Crippen molar-refractivity contribution >= 4 is 77.3 Å². The predicted octanol–water partition coefficient (Wildman–Crippen LogP) is 4.74. The van der Waals surface area contributed by atoms with Crippen LogP contribution in [0.3, 0.4) is 0 Å². The molecule has 0 aliphatic heterocycles. The Morgan fingerprint density at radius 2 is 0.757 bits per heavy atom. The molecular formula is C27H27O6S3Sb. The Hall–Kier alpha value is -2.06. The van der Waals surface area contributed by atoms with Crippen molar-refractivity contribution in [2.45, 2.75) is 17.8 Å². The van der Waals surface area contributed by atoms with E-state index in [2.05, 4.69) is 37.9 Å². The van der Waals surface area contributed by atoms with E-state index in [4.69, 9.17) is 9.05 Å². The molecule has 3 unspecified atom stereocenters. The second-order valence-electron chi connectivity index (χ2n) is 7.89. The zero-order chi connectivity index (χ0) is 26.6. The molecule has 0 amide bonds. The quantitative estimate of drug-likeness (QED) is 0.192. The minimum atomic E-state index is -4.19. The fourth-order valence-corrected chi connectivity index (χ4v) is 7.22. The molecule has 0 aromatic heterocycles. The first-order chi connectivity index (χ1) is 18.0. The van der Waals surface area contributed by atoms with Gasteiger partial charge in [0.25, 0.3) is 0 Å². The van der Waals surface area contributed by atoms with Crippen molar-refractivity contribution in [2.75, 3.05) is 17.3 Å². The molecule has 37 heavy (non-hydrogen) atoms. The molecule has 3 atom stereocenters. The van der Waals surface area contributed by atoms with E-state index in [1.165, 1.54) is 0 Å². The van der Waals surface area contributed by atoms with Gasteiger partial charge in [-0.2, -0.15) is 0 Å². The molecule has 3 aromatic carbocycles. The molecule has 10 heteroatoms. The molecule has 3 aromatic rings. The molecular weight excluding hydrogens is 638 g/mol. The molecule has 0 saturated heterocycles. The third kappa shape index (κ3) is 8.47. The molecule has 0 heterocycles. The molecule has 3 rings (SSSR count). The van der Waals surface area contributed by atoms with E-state index >= 15 is 0 Å². The van der Waals surface area contributed by atoms with Crippen LogP contribution in [0.15, 0.2) is 91.0 Å². The van der Waals surface area contributed by atoms with Gasteiger partial charge in [-0.3, -0.25) is 0 Å². The zero-order valence-electron chi connectivity index (χ0n) is 19.8. The summed E-state index contributed by atoms with van der Waals surface area (Å²) < 4.78 is 16.9. The van der Waals surface area contributed by atoms with E-state index in [-0.39, 0.29) is 17.3 Å². The van der Waals surface area contributed by atoms with Crippen molar-refractivity contribution in [3.05, 3.63) is 108 Å². The van der Waals surface area contributed by atoms with Gasteiger partial charge < -0.3 is 0 Å². The average molecular weight is 665 g/mol. The van der Waals surface area contributed by atoms with E-state index < -0.39 is 57.1 Å². The number of hydrogen-bond acceptors (Lipinski definition) is 9. The number of benzene rings is 3. The van der Waals surface area contributed by atoms with Crippen LogP contribution in [0.1, 0.15) is 34.4 Å². The Labute approximate surface area is 242 Å². The van der Waals surface area contributed by atoms with Crippen molar-refractivity contribution in [1.82, 2.24) is 0 Å². The van der Waals surface area contributed by atoms with Crippen molar-refractivity contribution in [3.63, 3.8) is 0 Å². The van der Waals surface area contributed by atoms with Crippen molar-refractivity contribution in [2.24, 2.45) is 0 Å². The van der Waals surface area contributed by atoms with Crippen LogP contribution < -0.4 is 0 Å². The van der Waals surface area contributed by atoms with E-state index in [9.17, 15) is 14.4 Å². The molecule has 0 spiro atoms. The summed E-state index contributed by atoms with van der Waals surface area (Å²) in [7, 11) is 0. The molecule has 6 nitrogen and oxygen atoms in total. The van der Waals surface area contributed by atoms with E-state index in [0.717, 1.165) is 0 Å². The van der Waals surface area contributed by atoms with E-state index in [0.29, 0.717) is 16.7 Å². The van der Waals surface area contributed by atoms with Crippen LogP contribution in [-0.4, -0.2) is 56.6 Å². The van der Waals surface area contributed by atoms with Gasteiger partial charge in [-0.25, -0.2) is 0 Å². The average Bonchev–Trinajstić information content (AvgIpc) is 2.91. The predicted molar refractivity (Wildman–Crippen MR) is 153 cm³/mol. The summed E-state index contributed by atoms with van der Waals surface area (Å²) in [5, 5.41) is 0. The summed E-state index contributed by atoms with van der Waals surface area (Å²) in [5.41, 5.74) is 2.07. The van der Waals surface area contributed by atoms with Crippen LogP contribution >= 0.6 is 37.9 Å². The van der Waals surface area contributed by atoms with Gasteiger partial charge in [-0.15, -0.1) is 0 Å². The zero-order valence-corrected chi connectivity index (χ0v) is 25.0. The minimum absolute atomic E-state index is 0.158. The molecule has 0 fully saturated rings. The van der Waals surface area contributed by atoms with Gasteiger partial charge in [0.15, 0.2) is 0 Å². The molecule has 0 aliphatic rings. The first-order valence-corrected chi connectivity index (χ1v) is 16.4. The maximum atomic E-state index is 13.1. The van der Waals surface area contributed by atoms with Crippen LogP contribution in [0.5, 0.6) is 0 Å². The molecule has 0 saturated carbocycles. The Morgan fingerprint density at radius 3 is 0.973 bits per heavy atom. The number of rotatable bonds is 12. The van der Waals surface area contributed by atoms with Crippen LogP contribution in [0, 0.1) is 0 Å². The van der Waals surface area contributed by atoms with Gasteiger partial charge in [0.2, 0.25) is 0 Å². The summed E-state index contributed by atoms with van der Waals surface area (Å²) in [5.74, 6) is -3.71. The van der Waals surface area contributed by atoms with Gasteiger partial charge in [0, 0.05) is 0 Å². The topological polar surface area (TPSA) is 78.9 Å². The maximum absolute atomic E-state index is 13.1. The van der Waals surface area contributed by atoms with Gasteiger partial charge >= 0.3 is 243 Å². The van der Waals surface area contributed by atoms with E-state index in [1.807, 2.05) is 18.2 Å². The normalized spacial score (nSPS) is 13.3. The molecule has 0 aliphatic carbocycles. The summed E-state index contributed by atoms with van der Waals surface area (Å²) in [6.45, 7) is 0. The van der Waals surface area contributed by atoms with E-state index in [1.54, 1.807) is 72.8 Å². The van der Waals surface area contributed by atoms with Gasteiger partial charge in [-0.05, 0) is 0 Å². The summed E-state index contributed by atoms with van der Waals surface area (Å²) in [4.78, 5) is 39.4. The standard InChI is InChI=1S/3C9H10O2S.Sb/c3*10-9(11)8(6-12)7-4-2-1-3-5-7;/h3*1-5,8,12H,6H2,(H,10,11);/q;;;+3/p-3. The second kappa shape index (κ2) is 15.4. The fraction of sp³-hybridized carbons (Fsp3) is 0.222. The van der Waals surface area contributed by atoms with Crippen LogP contribution in [0.25, 0.3) is 0 Å². The Balaban J connectivity index is 1.83. The Morgan fingerprint density at radius 1 is 0.514 bits per heavy atom. The first-order valence-electron chi connectivity index (χ1n) is 11.4. The van der Waals surface area contributed by atoms with Crippen LogP contribution in [-0.2, 0) is 23.4 Å². The molecule has 0 N–H and O–H groups in total. The van der Waals surface area contributed by atoms with Crippen molar-refractivity contribution in [3.8, 4) is 0 Å². The van der Waals surface area contributed by atoms with Crippen LogP contribution in [0.2, 0.25) is 0 Å². The summed E-state index contributed by atoms with van der Waals surface area (Å²) >= 11 is 8.72. The molecule has 0 bridgehead atoms. The van der Waals surface area contributed by atoms with Gasteiger partial charge in [0.1, 0.15) is 0 Å². The van der Waals surface area contributed by atoms with Gasteiger partial charge in [0.05, 0.1) is 0 Å².